The Labute approximate surface area is 431 Å². The fourth-order valence-electron chi connectivity index (χ4n) is 9.19. The number of carbonyl (C=O) groups is 4. The molecule has 0 aliphatic carbocycles. The molecule has 0 aromatic heterocycles. The normalized spacial score (nSPS) is 12.4. The van der Waals surface area contributed by atoms with Crippen molar-refractivity contribution in [2.45, 2.75) is 283 Å². The summed E-state index contributed by atoms with van der Waals surface area (Å²) in [5.74, 6) is -0.00471. The summed E-state index contributed by atoms with van der Waals surface area (Å²) in [5.41, 5.74) is 24.2. The second kappa shape index (κ2) is 52.8. The molecule has 4 amide bonds. The highest BCUT2D eigenvalue weighted by atomic mass is 16.2. The van der Waals surface area contributed by atoms with Gasteiger partial charge in [-0.3, -0.25) is 19.2 Å². The second-order valence-corrected chi connectivity index (χ2v) is 20.6. The predicted octanol–water partition coefficient (Wildman–Crippen LogP) is 11.6. The highest BCUT2D eigenvalue weighted by Gasteiger charge is 2.23. The maximum atomic E-state index is 13.6. The van der Waals surface area contributed by atoms with Crippen LogP contribution in [-0.4, -0.2) is 97.9 Å². The maximum Gasteiger partial charge on any atom is 0.239 e. The van der Waals surface area contributed by atoms with E-state index in [1.54, 1.807) is 0 Å². The smallest absolute Gasteiger partial charge is 0.239 e. The largest absolute Gasteiger partial charge is 0.356 e. The molecular formula is C58H116N8O4. The SMILES string of the molecule is CCCCCCCC/C=C\CCCCCCCC(=O)NCCCN(CCCCN(CCCNC(=O)CCCCCCCCCCCCCCCCC)C(=O)[C@H](N)CCCCN)C(=O)[C@H](N)CCCCN. The van der Waals surface area contributed by atoms with Crippen LogP contribution in [0.4, 0.5) is 0 Å². The molecule has 10 N–H and O–H groups in total. The number of nitrogens with one attached hydrogen (secondary N) is 2. The summed E-state index contributed by atoms with van der Waals surface area (Å²) in [6.45, 7) is 8.75. The molecule has 12 nitrogen and oxygen atoms in total. The van der Waals surface area contributed by atoms with E-state index in [4.69, 9.17) is 22.9 Å². The summed E-state index contributed by atoms with van der Waals surface area (Å²) in [7, 11) is 0. The minimum atomic E-state index is -0.596. The van der Waals surface area contributed by atoms with Crippen LogP contribution in [0.2, 0.25) is 0 Å². The van der Waals surface area contributed by atoms with E-state index in [2.05, 4.69) is 36.6 Å². The highest BCUT2D eigenvalue weighted by molar-refractivity contribution is 5.82. The van der Waals surface area contributed by atoms with Crippen molar-refractivity contribution in [2.24, 2.45) is 22.9 Å². The molecule has 0 heterocycles. The maximum absolute atomic E-state index is 13.6. The lowest BCUT2D eigenvalue weighted by Gasteiger charge is -2.28. The molecule has 12 heteroatoms. The van der Waals surface area contributed by atoms with Crippen molar-refractivity contribution in [3.05, 3.63) is 12.2 Å². The molecule has 0 radical (unpaired) electrons. The number of nitrogens with two attached hydrogens (primary N) is 4. The first-order valence-electron chi connectivity index (χ1n) is 29.9. The third-order valence-corrected chi connectivity index (χ3v) is 13.8. The number of hydrogen-bond acceptors (Lipinski definition) is 8. The van der Waals surface area contributed by atoms with Gasteiger partial charge in [0, 0.05) is 52.1 Å². The van der Waals surface area contributed by atoms with Crippen LogP contribution in [0.5, 0.6) is 0 Å². The number of nitrogens with zero attached hydrogens (tertiary/aromatic N) is 2. The Kier molecular flexibility index (Phi) is 50.9. The summed E-state index contributed by atoms with van der Waals surface area (Å²) in [4.78, 5) is 56.1. The van der Waals surface area contributed by atoms with E-state index in [1.165, 1.54) is 141 Å². The van der Waals surface area contributed by atoms with Crippen molar-refractivity contribution in [1.29, 1.82) is 0 Å². The highest BCUT2D eigenvalue weighted by Crippen LogP contribution is 2.15. The van der Waals surface area contributed by atoms with E-state index in [-0.39, 0.29) is 23.6 Å². The van der Waals surface area contributed by atoms with Gasteiger partial charge in [0.05, 0.1) is 12.1 Å². The molecule has 0 unspecified atom stereocenters. The molecule has 0 fully saturated rings. The molecular weight excluding hydrogens is 873 g/mol. The van der Waals surface area contributed by atoms with Crippen molar-refractivity contribution in [2.75, 3.05) is 52.4 Å². The summed E-state index contributed by atoms with van der Waals surface area (Å²) in [6, 6.07) is -1.19. The Morgan fingerprint density at radius 3 is 1.01 bits per heavy atom. The number of allylic oxidation sites excluding steroid dienone is 2. The van der Waals surface area contributed by atoms with E-state index < -0.39 is 12.1 Å². The van der Waals surface area contributed by atoms with Crippen LogP contribution in [0.25, 0.3) is 0 Å². The predicted molar refractivity (Wildman–Crippen MR) is 298 cm³/mol. The van der Waals surface area contributed by atoms with Gasteiger partial charge in [0.15, 0.2) is 0 Å². The first-order valence-corrected chi connectivity index (χ1v) is 29.9. The zero-order chi connectivity index (χ0) is 51.4. The number of amides is 4. The number of unbranched alkanes of at least 4 members (excludes halogenated alkanes) is 28. The third kappa shape index (κ3) is 44.2. The van der Waals surface area contributed by atoms with Gasteiger partial charge in [0.25, 0.3) is 0 Å². The third-order valence-electron chi connectivity index (χ3n) is 13.8. The molecule has 2 atom stereocenters. The molecule has 0 aliphatic heterocycles. The zero-order valence-electron chi connectivity index (χ0n) is 46.1. The van der Waals surface area contributed by atoms with Crippen molar-refractivity contribution in [1.82, 2.24) is 20.4 Å². The lowest BCUT2D eigenvalue weighted by atomic mass is 10.0. The molecule has 0 aromatic carbocycles. The van der Waals surface area contributed by atoms with E-state index in [0.717, 1.165) is 64.2 Å². The van der Waals surface area contributed by atoms with Crippen LogP contribution >= 0.6 is 0 Å². The zero-order valence-corrected chi connectivity index (χ0v) is 46.1. The van der Waals surface area contributed by atoms with Gasteiger partial charge in [-0.25, -0.2) is 0 Å². The summed E-state index contributed by atoms with van der Waals surface area (Å²) in [5, 5.41) is 6.13. The Morgan fingerprint density at radius 2 is 0.686 bits per heavy atom. The molecule has 0 aromatic rings. The first kappa shape index (κ1) is 67.5. The van der Waals surface area contributed by atoms with Crippen molar-refractivity contribution in [3.8, 4) is 0 Å². The molecule has 0 rings (SSSR count). The monoisotopic (exact) mass is 989 g/mol. The van der Waals surface area contributed by atoms with Gasteiger partial charge in [-0.2, -0.15) is 0 Å². The van der Waals surface area contributed by atoms with Crippen LogP contribution in [0.1, 0.15) is 271 Å². The van der Waals surface area contributed by atoms with Gasteiger partial charge in [-0.05, 0) is 103 Å². The molecule has 0 saturated carbocycles. The number of rotatable bonds is 54. The standard InChI is InChI=1S/C58H116N8O4/c1-3-5-7-9-11-13-15-17-19-21-23-25-27-29-31-43-55(67)63-47-39-51-65(57(69)53(61)41-33-35-45-59)49-37-38-50-66(58(70)54(62)42-34-36-46-60)52-40-48-64-56(68)44-32-30-28-26-24-22-20-18-16-14-12-10-8-6-4-2/h17,19,53-54H,3-16,18,20-52,59-62H2,1-2H3,(H,63,67)(H,64,68)/b19-17-/t53-,54-/m1/s1. The van der Waals surface area contributed by atoms with Crippen molar-refractivity contribution >= 4 is 23.6 Å². The van der Waals surface area contributed by atoms with Crippen LogP contribution in [0, 0.1) is 0 Å². The van der Waals surface area contributed by atoms with E-state index in [9.17, 15) is 19.2 Å². The second-order valence-electron chi connectivity index (χ2n) is 20.6. The van der Waals surface area contributed by atoms with Gasteiger partial charge in [-0.15, -0.1) is 0 Å². The average Bonchev–Trinajstić information content (AvgIpc) is 3.35. The van der Waals surface area contributed by atoms with Gasteiger partial charge in [-0.1, -0.05) is 180 Å². The van der Waals surface area contributed by atoms with Crippen molar-refractivity contribution in [3.63, 3.8) is 0 Å². The lowest BCUT2D eigenvalue weighted by molar-refractivity contribution is -0.134. The quantitative estimate of drug-likeness (QED) is 0.0255. The Bertz CT molecular complexity index is 1220. The molecule has 0 bridgehead atoms. The van der Waals surface area contributed by atoms with Gasteiger partial charge in [0.2, 0.25) is 23.6 Å². The molecule has 412 valence electrons. The first-order chi connectivity index (χ1) is 34.2. The Hall–Kier alpha value is -2.54. The van der Waals surface area contributed by atoms with E-state index in [1.807, 2.05) is 9.80 Å². The van der Waals surface area contributed by atoms with E-state index >= 15 is 0 Å². The Morgan fingerprint density at radius 1 is 0.386 bits per heavy atom. The minimum absolute atomic E-state index is 0.0692. The Balaban J connectivity index is 4.71. The van der Waals surface area contributed by atoms with E-state index in [0.29, 0.717) is 104 Å². The fraction of sp³-hybridized carbons (Fsp3) is 0.897. The molecule has 70 heavy (non-hydrogen) atoms. The van der Waals surface area contributed by atoms with Gasteiger partial charge in [0.1, 0.15) is 0 Å². The van der Waals surface area contributed by atoms with Crippen LogP contribution in [0.3, 0.4) is 0 Å². The summed E-state index contributed by atoms with van der Waals surface area (Å²) >= 11 is 0. The number of hydrogen-bond donors (Lipinski definition) is 6. The summed E-state index contributed by atoms with van der Waals surface area (Å²) < 4.78 is 0. The average molecular weight is 990 g/mol. The molecule has 0 saturated heterocycles. The van der Waals surface area contributed by atoms with Gasteiger partial charge >= 0.3 is 0 Å². The van der Waals surface area contributed by atoms with Crippen molar-refractivity contribution < 1.29 is 19.2 Å². The number of carbonyl (C=O) groups excluding carboxylic acids is 4. The van der Waals surface area contributed by atoms with Crippen LogP contribution in [0.15, 0.2) is 12.2 Å². The fourth-order valence-corrected chi connectivity index (χ4v) is 9.19. The summed E-state index contributed by atoms with van der Waals surface area (Å²) in [6.07, 6.45) is 48.4. The molecule has 0 aliphatic rings. The topological polar surface area (TPSA) is 203 Å². The lowest BCUT2D eigenvalue weighted by Crippen LogP contribution is -2.46. The van der Waals surface area contributed by atoms with Crippen LogP contribution < -0.4 is 33.6 Å². The van der Waals surface area contributed by atoms with Gasteiger partial charge < -0.3 is 43.4 Å². The van der Waals surface area contributed by atoms with Crippen LogP contribution in [-0.2, 0) is 19.2 Å². The molecule has 0 spiro atoms. The minimum Gasteiger partial charge on any atom is -0.356 e.